The van der Waals surface area contributed by atoms with Crippen LogP contribution in [0.5, 0.6) is 0 Å². The molecule has 0 radical (unpaired) electrons. The molecule has 0 nitrogen and oxygen atoms in total. The highest BCUT2D eigenvalue weighted by atomic mass is 79.9. The third-order valence-corrected chi connectivity index (χ3v) is 9.00. The lowest BCUT2D eigenvalue weighted by Gasteiger charge is -2.46. The van der Waals surface area contributed by atoms with E-state index in [0.717, 1.165) is 12.8 Å². The van der Waals surface area contributed by atoms with Crippen LogP contribution in [0.2, 0.25) is 0 Å². The van der Waals surface area contributed by atoms with E-state index in [-0.39, 0.29) is 0 Å². The van der Waals surface area contributed by atoms with Gasteiger partial charge in [-0.1, -0.05) is 71.0 Å². The third kappa shape index (κ3) is 1.96. The Morgan fingerprint density at radius 3 is 1.75 bits per heavy atom. The number of hydrogen-bond acceptors (Lipinski definition) is 0. The molecule has 1 aliphatic rings. The van der Waals surface area contributed by atoms with Gasteiger partial charge in [-0.15, -0.1) is 11.6 Å². The van der Waals surface area contributed by atoms with Crippen LogP contribution >= 0.6 is 82.6 Å². The second kappa shape index (κ2) is 3.71. The van der Waals surface area contributed by atoms with Gasteiger partial charge in [0.2, 0.25) is 0 Å². The summed E-state index contributed by atoms with van der Waals surface area (Å²) in [5, 5.41) is 0. The second-order valence-corrected chi connectivity index (χ2v) is 10.3. The summed E-state index contributed by atoms with van der Waals surface area (Å²) < 4.78 is -2.29. The van der Waals surface area contributed by atoms with Crippen LogP contribution < -0.4 is 0 Å². The standard InChI is InChI=1S/C6H6Br3Cl3/c7-4(8)2-1-3-5(10,11)6(4,9)12/h1-3H2. The highest BCUT2D eigenvalue weighted by Gasteiger charge is 2.60. The SMILES string of the molecule is ClC1(Cl)CCCC(Br)(Br)C1(Cl)Br. The van der Waals surface area contributed by atoms with Crippen molar-refractivity contribution in [2.45, 2.75) is 30.6 Å². The van der Waals surface area contributed by atoms with E-state index in [1.54, 1.807) is 0 Å². The molecule has 72 valence electrons. The summed E-state index contributed by atoms with van der Waals surface area (Å²) in [6, 6.07) is 0. The summed E-state index contributed by atoms with van der Waals surface area (Å²) in [4.78, 5) is 0. The quantitative estimate of drug-likeness (QED) is 0.472. The Kier molecular flexibility index (Phi) is 3.83. The van der Waals surface area contributed by atoms with Crippen molar-refractivity contribution in [1.29, 1.82) is 0 Å². The summed E-state index contributed by atoms with van der Waals surface area (Å²) in [7, 11) is 0. The Morgan fingerprint density at radius 1 is 0.917 bits per heavy atom. The van der Waals surface area contributed by atoms with E-state index in [1.807, 2.05) is 0 Å². The maximum atomic E-state index is 6.21. The fraction of sp³-hybridized carbons (Fsp3) is 1.00. The van der Waals surface area contributed by atoms with E-state index in [9.17, 15) is 0 Å². The monoisotopic (exact) mass is 420 g/mol. The molecular weight excluding hydrogens is 418 g/mol. The zero-order valence-electron chi connectivity index (χ0n) is 5.89. The van der Waals surface area contributed by atoms with Crippen molar-refractivity contribution in [1.82, 2.24) is 0 Å². The fourth-order valence-corrected chi connectivity index (χ4v) is 3.98. The Balaban J connectivity index is 2.99. The summed E-state index contributed by atoms with van der Waals surface area (Å²) in [6.45, 7) is 0. The summed E-state index contributed by atoms with van der Waals surface area (Å²) in [6.07, 6.45) is 2.50. The predicted octanol–water partition coefficient (Wildman–Crippen LogP) is 5.16. The first-order valence-corrected chi connectivity index (χ1v) is 6.85. The molecule has 0 aromatic heterocycles. The molecule has 0 aromatic carbocycles. The normalized spacial score (nSPS) is 39.5. The lowest BCUT2D eigenvalue weighted by Crippen LogP contribution is -2.51. The molecule has 1 atom stereocenters. The highest BCUT2D eigenvalue weighted by molar-refractivity contribution is 9.26. The van der Waals surface area contributed by atoms with Gasteiger partial charge < -0.3 is 0 Å². The predicted molar refractivity (Wildman–Crippen MR) is 66.4 cm³/mol. The largest absolute Gasteiger partial charge is 0.157 e. The van der Waals surface area contributed by atoms with Crippen molar-refractivity contribution in [2.75, 3.05) is 0 Å². The lowest BCUT2D eigenvalue weighted by atomic mass is 9.98. The van der Waals surface area contributed by atoms with Crippen molar-refractivity contribution in [3.05, 3.63) is 0 Å². The van der Waals surface area contributed by atoms with E-state index in [4.69, 9.17) is 34.8 Å². The minimum absolute atomic E-state index is 0.448. The van der Waals surface area contributed by atoms with Gasteiger partial charge in [-0.25, -0.2) is 0 Å². The molecule has 0 N–H and O–H groups in total. The summed E-state index contributed by atoms with van der Waals surface area (Å²) in [5.41, 5.74) is 0. The minimum atomic E-state index is -0.959. The average molecular weight is 424 g/mol. The molecular formula is C6H6Br3Cl3. The maximum Gasteiger partial charge on any atom is 0.157 e. The molecule has 1 rings (SSSR count). The second-order valence-electron chi connectivity index (χ2n) is 2.84. The van der Waals surface area contributed by atoms with Gasteiger partial charge in [-0.05, 0) is 19.3 Å². The third-order valence-electron chi connectivity index (χ3n) is 1.90. The summed E-state index contributed by atoms with van der Waals surface area (Å²) >= 11 is 28.6. The Labute approximate surface area is 112 Å². The van der Waals surface area contributed by atoms with Crippen LogP contribution in [0, 0.1) is 0 Å². The Hall–Kier alpha value is 2.31. The molecule has 0 saturated heterocycles. The fourth-order valence-electron chi connectivity index (χ4n) is 1.11. The van der Waals surface area contributed by atoms with E-state index in [0.29, 0.717) is 6.42 Å². The van der Waals surface area contributed by atoms with Gasteiger partial charge in [-0.2, -0.15) is 0 Å². The number of halogens is 6. The zero-order valence-corrected chi connectivity index (χ0v) is 12.9. The van der Waals surface area contributed by atoms with E-state index >= 15 is 0 Å². The van der Waals surface area contributed by atoms with E-state index in [1.165, 1.54) is 0 Å². The highest BCUT2D eigenvalue weighted by Crippen LogP contribution is 2.63. The molecule has 1 saturated carbocycles. The van der Waals surface area contributed by atoms with Crippen molar-refractivity contribution in [3.63, 3.8) is 0 Å². The number of rotatable bonds is 0. The first-order valence-electron chi connectivity index (χ1n) is 3.34. The molecule has 1 unspecified atom stereocenters. The molecule has 0 aromatic rings. The molecule has 0 heterocycles. The average Bonchev–Trinajstić information content (AvgIpc) is 1.83. The molecule has 1 aliphatic carbocycles. The van der Waals surface area contributed by atoms with Gasteiger partial charge in [0, 0.05) is 0 Å². The van der Waals surface area contributed by atoms with Crippen molar-refractivity contribution in [3.8, 4) is 0 Å². The van der Waals surface area contributed by atoms with Gasteiger partial charge in [0.1, 0.15) is 7.57 Å². The molecule has 0 spiro atoms. The van der Waals surface area contributed by atoms with Crippen molar-refractivity contribution in [2.24, 2.45) is 0 Å². The molecule has 6 heteroatoms. The summed E-state index contributed by atoms with van der Waals surface area (Å²) in [5.74, 6) is 0. The smallest absolute Gasteiger partial charge is 0.101 e. The van der Waals surface area contributed by atoms with Crippen LogP contribution in [0.1, 0.15) is 19.3 Å². The molecule has 0 bridgehead atoms. The Morgan fingerprint density at radius 2 is 1.42 bits per heavy atom. The van der Waals surface area contributed by atoms with Crippen LogP contribution in [-0.2, 0) is 0 Å². The topological polar surface area (TPSA) is 0 Å². The molecule has 1 fully saturated rings. The minimum Gasteiger partial charge on any atom is -0.101 e. The van der Waals surface area contributed by atoms with Crippen molar-refractivity contribution >= 4 is 82.6 Å². The van der Waals surface area contributed by atoms with Crippen LogP contribution in [0.3, 0.4) is 0 Å². The lowest BCUT2D eigenvalue weighted by molar-refractivity contribution is 0.464. The van der Waals surface area contributed by atoms with Gasteiger partial charge in [0.15, 0.2) is 3.78 Å². The van der Waals surface area contributed by atoms with Crippen LogP contribution in [0.15, 0.2) is 0 Å². The van der Waals surface area contributed by atoms with Gasteiger partial charge in [0.25, 0.3) is 0 Å². The van der Waals surface area contributed by atoms with Crippen LogP contribution in [-0.4, -0.2) is 11.4 Å². The number of alkyl halides is 6. The van der Waals surface area contributed by atoms with Crippen LogP contribution in [0.25, 0.3) is 0 Å². The van der Waals surface area contributed by atoms with E-state index < -0.39 is 11.4 Å². The van der Waals surface area contributed by atoms with Gasteiger partial charge >= 0.3 is 0 Å². The van der Waals surface area contributed by atoms with Crippen LogP contribution in [0.4, 0.5) is 0 Å². The molecule has 0 amide bonds. The maximum absolute atomic E-state index is 6.21. The van der Waals surface area contributed by atoms with Crippen molar-refractivity contribution < 1.29 is 0 Å². The van der Waals surface area contributed by atoms with E-state index in [2.05, 4.69) is 47.8 Å². The Bertz CT molecular complexity index is 172. The first kappa shape index (κ1) is 12.4. The molecule has 12 heavy (non-hydrogen) atoms. The zero-order chi connectivity index (χ0) is 9.62. The number of hydrogen-bond donors (Lipinski definition) is 0. The molecule has 0 aliphatic heterocycles. The first-order chi connectivity index (χ1) is 5.21. The van der Waals surface area contributed by atoms with Gasteiger partial charge in [-0.3, -0.25) is 0 Å². The van der Waals surface area contributed by atoms with Gasteiger partial charge in [0.05, 0.1) is 0 Å².